The molecule has 0 aliphatic carbocycles. The van der Waals surface area contributed by atoms with Crippen molar-refractivity contribution in [3.8, 4) is 0 Å². The van der Waals surface area contributed by atoms with Gasteiger partial charge in [0.15, 0.2) is 17.5 Å². The molecule has 0 aliphatic rings. The van der Waals surface area contributed by atoms with Gasteiger partial charge >= 0.3 is 0 Å². The lowest BCUT2D eigenvalue weighted by Gasteiger charge is -2.09. The summed E-state index contributed by atoms with van der Waals surface area (Å²) in [5.41, 5.74) is -0.500. The lowest BCUT2D eigenvalue weighted by molar-refractivity contribution is -0.116. The molecule has 2 aromatic carbocycles. The summed E-state index contributed by atoms with van der Waals surface area (Å²) in [6.07, 6.45) is -0.199. The van der Waals surface area contributed by atoms with Crippen molar-refractivity contribution in [2.45, 2.75) is 6.42 Å². The molecule has 2 aromatic rings. The summed E-state index contributed by atoms with van der Waals surface area (Å²) in [7, 11) is 0. The minimum atomic E-state index is -1.62. The van der Waals surface area contributed by atoms with E-state index in [1.807, 2.05) is 0 Å². The second-order valence-electron chi connectivity index (χ2n) is 4.57. The first-order chi connectivity index (χ1) is 10.9. The smallest absolute Gasteiger partial charge is 0.226 e. The predicted molar refractivity (Wildman–Crippen MR) is 74.4 cm³/mol. The van der Waals surface area contributed by atoms with Crippen LogP contribution in [0.1, 0.15) is 6.42 Å². The molecule has 0 saturated carbocycles. The summed E-state index contributed by atoms with van der Waals surface area (Å²) in [5, 5.41) is 4.64. The van der Waals surface area contributed by atoms with Crippen LogP contribution in [0.3, 0.4) is 0 Å². The number of nitrogens with one attached hydrogen (secondary N) is 2. The quantitative estimate of drug-likeness (QED) is 0.646. The minimum absolute atomic E-state index is 0.101. The number of benzene rings is 2. The molecule has 3 nitrogen and oxygen atoms in total. The Kier molecular flexibility index (Phi) is 5.15. The third kappa shape index (κ3) is 4.18. The Morgan fingerprint density at radius 3 is 2.26 bits per heavy atom. The number of hydrogen-bond acceptors (Lipinski definition) is 2. The second-order valence-corrected chi connectivity index (χ2v) is 4.57. The largest absolute Gasteiger partial charge is 0.382 e. The van der Waals surface area contributed by atoms with Crippen LogP contribution in [-0.2, 0) is 4.79 Å². The van der Waals surface area contributed by atoms with Crippen LogP contribution >= 0.6 is 0 Å². The number of anilines is 2. The van der Waals surface area contributed by atoms with E-state index in [9.17, 15) is 26.7 Å². The molecule has 0 heterocycles. The molecule has 0 saturated heterocycles. The lowest BCUT2D eigenvalue weighted by atomic mass is 10.2. The summed E-state index contributed by atoms with van der Waals surface area (Å²) >= 11 is 0. The summed E-state index contributed by atoms with van der Waals surface area (Å²) < 4.78 is 65.2. The van der Waals surface area contributed by atoms with Crippen molar-refractivity contribution in [2.75, 3.05) is 17.2 Å². The van der Waals surface area contributed by atoms with Gasteiger partial charge in [-0.1, -0.05) is 0 Å². The van der Waals surface area contributed by atoms with Crippen LogP contribution < -0.4 is 10.6 Å². The van der Waals surface area contributed by atoms with Gasteiger partial charge in [-0.05, 0) is 24.3 Å². The summed E-state index contributed by atoms with van der Waals surface area (Å²) in [4.78, 5) is 11.6. The Hall–Kier alpha value is -2.64. The van der Waals surface area contributed by atoms with Crippen molar-refractivity contribution >= 4 is 17.3 Å². The molecule has 1 amide bonds. The number of carbonyl (C=O) groups excluding carboxylic acids is 1. The highest BCUT2D eigenvalue weighted by atomic mass is 19.2. The fraction of sp³-hybridized carbons (Fsp3) is 0.133. The van der Waals surface area contributed by atoms with E-state index >= 15 is 0 Å². The van der Waals surface area contributed by atoms with Gasteiger partial charge in [0.1, 0.15) is 11.6 Å². The van der Waals surface area contributed by atoms with Crippen LogP contribution in [-0.4, -0.2) is 12.5 Å². The highest BCUT2D eigenvalue weighted by molar-refractivity contribution is 5.91. The molecule has 0 aromatic heterocycles. The molecular formula is C15H11F5N2O. The van der Waals surface area contributed by atoms with Gasteiger partial charge < -0.3 is 10.6 Å². The van der Waals surface area contributed by atoms with Crippen molar-refractivity contribution in [1.29, 1.82) is 0 Å². The third-order valence-electron chi connectivity index (χ3n) is 2.91. The van der Waals surface area contributed by atoms with Gasteiger partial charge in [-0.25, -0.2) is 22.0 Å². The first-order valence-corrected chi connectivity index (χ1v) is 6.50. The van der Waals surface area contributed by atoms with Crippen molar-refractivity contribution in [3.63, 3.8) is 0 Å². The molecular weight excluding hydrogens is 319 g/mol. The first-order valence-electron chi connectivity index (χ1n) is 6.50. The maximum Gasteiger partial charge on any atom is 0.226 e. The SMILES string of the molecule is O=C(CCNc1ccc(F)c(F)c1F)Nc1ccc(F)cc1F. The monoisotopic (exact) mass is 330 g/mol. The van der Waals surface area contributed by atoms with E-state index in [0.29, 0.717) is 6.07 Å². The Labute approximate surface area is 128 Å². The highest BCUT2D eigenvalue weighted by Crippen LogP contribution is 2.19. The normalized spacial score (nSPS) is 10.5. The van der Waals surface area contributed by atoms with Gasteiger partial charge in [-0.3, -0.25) is 4.79 Å². The number of rotatable bonds is 5. The summed E-state index contributed by atoms with van der Waals surface area (Å²) in [6.45, 7) is -0.101. The van der Waals surface area contributed by atoms with Crippen LogP contribution in [0.4, 0.5) is 33.3 Å². The van der Waals surface area contributed by atoms with E-state index in [2.05, 4.69) is 10.6 Å². The number of carbonyl (C=O) groups is 1. The minimum Gasteiger partial charge on any atom is -0.382 e. The van der Waals surface area contributed by atoms with E-state index in [4.69, 9.17) is 0 Å². The average molecular weight is 330 g/mol. The molecule has 2 N–H and O–H groups in total. The zero-order chi connectivity index (χ0) is 17.0. The lowest BCUT2D eigenvalue weighted by Crippen LogP contribution is -2.17. The van der Waals surface area contributed by atoms with Gasteiger partial charge in [0.05, 0.1) is 11.4 Å². The van der Waals surface area contributed by atoms with E-state index in [1.54, 1.807) is 0 Å². The van der Waals surface area contributed by atoms with Gasteiger partial charge in [-0.15, -0.1) is 0 Å². The molecule has 0 atom stereocenters. The van der Waals surface area contributed by atoms with Crippen LogP contribution in [0, 0.1) is 29.1 Å². The van der Waals surface area contributed by atoms with Crippen molar-refractivity contribution < 1.29 is 26.7 Å². The summed E-state index contributed by atoms with van der Waals surface area (Å²) in [6, 6.07) is 4.39. The number of halogens is 5. The third-order valence-corrected chi connectivity index (χ3v) is 2.91. The standard InChI is InChI=1S/C15H11F5N2O/c16-8-1-3-11(10(18)7-8)22-13(23)5-6-21-12-4-2-9(17)14(19)15(12)20/h1-4,7,21H,5-6H2,(H,22,23). The fourth-order valence-electron chi connectivity index (χ4n) is 1.78. The number of hydrogen-bond donors (Lipinski definition) is 2. The van der Waals surface area contributed by atoms with Crippen LogP contribution in [0.25, 0.3) is 0 Å². The zero-order valence-corrected chi connectivity index (χ0v) is 11.6. The van der Waals surface area contributed by atoms with Gasteiger partial charge in [0.25, 0.3) is 0 Å². The Balaban J connectivity index is 1.89. The van der Waals surface area contributed by atoms with Crippen molar-refractivity contribution in [1.82, 2.24) is 0 Å². The molecule has 2 rings (SSSR count). The molecule has 0 aliphatic heterocycles. The van der Waals surface area contributed by atoms with E-state index in [0.717, 1.165) is 24.3 Å². The van der Waals surface area contributed by atoms with Crippen molar-refractivity contribution in [3.05, 3.63) is 59.4 Å². The molecule has 122 valence electrons. The first kappa shape index (κ1) is 16.7. The Morgan fingerprint density at radius 2 is 1.57 bits per heavy atom. The molecule has 0 fully saturated rings. The van der Waals surface area contributed by atoms with Crippen LogP contribution in [0.15, 0.2) is 30.3 Å². The maximum atomic E-state index is 13.4. The second kappa shape index (κ2) is 7.08. The summed E-state index contributed by atoms with van der Waals surface area (Å²) in [5.74, 6) is -6.67. The molecule has 0 spiro atoms. The van der Waals surface area contributed by atoms with E-state index in [-0.39, 0.29) is 24.3 Å². The number of amides is 1. The van der Waals surface area contributed by atoms with Crippen molar-refractivity contribution in [2.24, 2.45) is 0 Å². The van der Waals surface area contributed by atoms with E-state index in [1.165, 1.54) is 0 Å². The Bertz CT molecular complexity index is 736. The van der Waals surface area contributed by atoms with Gasteiger partial charge in [0.2, 0.25) is 5.91 Å². The topological polar surface area (TPSA) is 41.1 Å². The molecule has 0 bridgehead atoms. The Morgan fingerprint density at radius 1 is 0.870 bits per heavy atom. The predicted octanol–water partition coefficient (Wildman–Crippen LogP) is 3.82. The fourth-order valence-corrected chi connectivity index (χ4v) is 1.78. The van der Waals surface area contributed by atoms with Gasteiger partial charge in [0, 0.05) is 19.0 Å². The molecule has 8 heteroatoms. The zero-order valence-electron chi connectivity index (χ0n) is 11.6. The van der Waals surface area contributed by atoms with Crippen LogP contribution in [0.5, 0.6) is 0 Å². The molecule has 0 unspecified atom stereocenters. The molecule has 0 radical (unpaired) electrons. The van der Waals surface area contributed by atoms with Crippen LogP contribution in [0.2, 0.25) is 0 Å². The highest BCUT2D eigenvalue weighted by Gasteiger charge is 2.13. The maximum absolute atomic E-state index is 13.4. The molecule has 23 heavy (non-hydrogen) atoms. The van der Waals surface area contributed by atoms with E-state index < -0.39 is 35.0 Å². The average Bonchev–Trinajstić information content (AvgIpc) is 2.50. The van der Waals surface area contributed by atoms with Gasteiger partial charge in [-0.2, -0.15) is 0 Å².